The van der Waals surface area contributed by atoms with Crippen molar-refractivity contribution in [2.45, 2.75) is 13.3 Å². The van der Waals surface area contributed by atoms with Crippen LogP contribution in [0, 0.1) is 5.92 Å². The highest BCUT2D eigenvalue weighted by Crippen LogP contribution is 2.12. The molecule has 1 aromatic rings. The summed E-state index contributed by atoms with van der Waals surface area (Å²) in [7, 11) is 3.45. The van der Waals surface area contributed by atoms with E-state index in [-0.39, 0.29) is 17.7 Å². The van der Waals surface area contributed by atoms with E-state index in [4.69, 9.17) is 11.6 Å². The molecule has 0 bridgehead atoms. The van der Waals surface area contributed by atoms with Crippen molar-refractivity contribution in [1.29, 1.82) is 0 Å². The summed E-state index contributed by atoms with van der Waals surface area (Å²) in [4.78, 5) is 24.7. The van der Waals surface area contributed by atoms with E-state index in [0.717, 1.165) is 5.56 Å². The fraction of sp³-hybridized carbons (Fsp3) is 0.429. The quantitative estimate of drug-likeness (QED) is 0.841. The van der Waals surface area contributed by atoms with Gasteiger partial charge in [0.05, 0.1) is 6.42 Å². The molecular weight excluding hydrogens is 264 g/mol. The first kappa shape index (κ1) is 15.5. The van der Waals surface area contributed by atoms with Crippen molar-refractivity contribution in [1.82, 2.24) is 4.90 Å². The summed E-state index contributed by atoms with van der Waals surface area (Å²) in [6.07, 6.45) is 0.360. The summed E-state index contributed by atoms with van der Waals surface area (Å²) < 4.78 is 0. The lowest BCUT2D eigenvalue weighted by molar-refractivity contribution is -0.128. The number of halogens is 1. The number of rotatable bonds is 5. The van der Waals surface area contributed by atoms with E-state index in [1.165, 1.54) is 0 Å². The molecule has 104 valence electrons. The normalized spacial score (nSPS) is 11.8. The molecule has 0 spiro atoms. The Hall–Kier alpha value is -1.55. The zero-order chi connectivity index (χ0) is 14.4. The van der Waals surface area contributed by atoms with Gasteiger partial charge in [0.2, 0.25) is 11.8 Å². The van der Waals surface area contributed by atoms with Crippen LogP contribution in [0.25, 0.3) is 0 Å². The summed E-state index contributed by atoms with van der Waals surface area (Å²) in [5, 5.41) is 2.78. The Kier molecular flexibility index (Phi) is 5.83. The van der Waals surface area contributed by atoms with Crippen LogP contribution in [0.4, 0.5) is 5.69 Å². The molecule has 0 aliphatic carbocycles. The van der Waals surface area contributed by atoms with Crippen LogP contribution in [0.5, 0.6) is 0 Å². The second kappa shape index (κ2) is 7.14. The zero-order valence-corrected chi connectivity index (χ0v) is 12.2. The molecule has 0 aliphatic heterocycles. The van der Waals surface area contributed by atoms with Crippen LogP contribution in [0.1, 0.15) is 12.5 Å². The lowest BCUT2D eigenvalue weighted by atomic mass is 10.1. The zero-order valence-electron chi connectivity index (χ0n) is 11.4. The molecule has 0 aromatic heterocycles. The maximum atomic E-state index is 11.6. The van der Waals surface area contributed by atoms with Gasteiger partial charge in [-0.05, 0) is 17.7 Å². The lowest BCUT2D eigenvalue weighted by Gasteiger charge is -2.11. The Morgan fingerprint density at radius 1 is 1.26 bits per heavy atom. The maximum absolute atomic E-state index is 11.6. The van der Waals surface area contributed by atoms with Crippen LogP contribution in [0.3, 0.4) is 0 Å². The number of benzene rings is 1. The number of carbonyl (C=O) groups is 2. The molecule has 5 heteroatoms. The molecule has 0 aliphatic rings. The first-order chi connectivity index (χ1) is 8.93. The monoisotopic (exact) mass is 282 g/mol. The molecule has 1 aromatic carbocycles. The van der Waals surface area contributed by atoms with Crippen LogP contribution in [-0.2, 0) is 16.0 Å². The molecule has 1 unspecified atom stereocenters. The minimum atomic E-state index is -0.225. The van der Waals surface area contributed by atoms with E-state index in [1.807, 2.05) is 12.1 Å². The first-order valence-electron chi connectivity index (χ1n) is 6.10. The van der Waals surface area contributed by atoms with Crippen molar-refractivity contribution in [3.63, 3.8) is 0 Å². The van der Waals surface area contributed by atoms with Crippen molar-refractivity contribution < 1.29 is 9.59 Å². The maximum Gasteiger partial charge on any atom is 0.228 e. The molecule has 0 saturated carbocycles. The topological polar surface area (TPSA) is 49.4 Å². The Bertz CT molecular complexity index is 443. The third-order valence-corrected chi connectivity index (χ3v) is 3.22. The molecular formula is C14H19ClN2O2. The number of hydrogen-bond donors (Lipinski definition) is 1. The van der Waals surface area contributed by atoms with Crippen LogP contribution >= 0.6 is 11.6 Å². The number of alkyl halides is 1. The minimum Gasteiger partial charge on any atom is -0.349 e. The largest absolute Gasteiger partial charge is 0.349 e. The molecule has 0 radical (unpaired) electrons. The Morgan fingerprint density at radius 2 is 1.84 bits per heavy atom. The second-order valence-electron chi connectivity index (χ2n) is 4.71. The summed E-state index contributed by atoms with van der Waals surface area (Å²) in [6, 6.07) is 7.25. The van der Waals surface area contributed by atoms with Gasteiger partial charge < -0.3 is 10.2 Å². The predicted octanol–water partition coefficient (Wildman–Crippen LogP) is 2.13. The molecule has 4 nitrogen and oxygen atoms in total. The first-order valence-corrected chi connectivity index (χ1v) is 6.63. The van der Waals surface area contributed by atoms with Crippen LogP contribution in [0.15, 0.2) is 24.3 Å². The summed E-state index contributed by atoms with van der Waals surface area (Å²) >= 11 is 5.62. The van der Waals surface area contributed by atoms with Gasteiger partial charge in [0.1, 0.15) is 0 Å². The van der Waals surface area contributed by atoms with Gasteiger partial charge in [-0.3, -0.25) is 9.59 Å². The SMILES string of the molecule is CC(CCl)C(=O)Nc1ccc(CC(=O)N(C)C)cc1. The standard InChI is InChI=1S/C14H19ClN2O2/c1-10(9-15)14(19)16-12-6-4-11(5-7-12)8-13(18)17(2)3/h4-7,10H,8-9H2,1-3H3,(H,16,19). The Labute approximate surface area is 118 Å². The van der Waals surface area contributed by atoms with E-state index in [1.54, 1.807) is 38.1 Å². The number of nitrogens with one attached hydrogen (secondary N) is 1. The van der Waals surface area contributed by atoms with Crippen LogP contribution < -0.4 is 5.32 Å². The molecule has 0 saturated heterocycles. The van der Waals surface area contributed by atoms with Gasteiger partial charge in [-0.25, -0.2) is 0 Å². The van der Waals surface area contributed by atoms with Crippen molar-refractivity contribution in [3.05, 3.63) is 29.8 Å². The highest BCUT2D eigenvalue weighted by Gasteiger charge is 2.11. The number of carbonyl (C=O) groups excluding carboxylic acids is 2. The van der Waals surface area contributed by atoms with Crippen molar-refractivity contribution in [2.75, 3.05) is 25.3 Å². The number of anilines is 1. The Balaban J connectivity index is 2.62. The Morgan fingerprint density at radius 3 is 2.32 bits per heavy atom. The number of hydrogen-bond acceptors (Lipinski definition) is 2. The van der Waals surface area contributed by atoms with Crippen molar-refractivity contribution in [3.8, 4) is 0 Å². The van der Waals surface area contributed by atoms with Gasteiger partial charge in [-0.15, -0.1) is 11.6 Å². The molecule has 0 heterocycles. The van der Waals surface area contributed by atoms with Gasteiger partial charge in [0, 0.05) is 31.6 Å². The van der Waals surface area contributed by atoms with Gasteiger partial charge >= 0.3 is 0 Å². The van der Waals surface area contributed by atoms with Gasteiger partial charge in [-0.2, -0.15) is 0 Å². The van der Waals surface area contributed by atoms with E-state index in [0.29, 0.717) is 18.0 Å². The molecule has 1 atom stereocenters. The number of amides is 2. The van der Waals surface area contributed by atoms with Crippen molar-refractivity contribution >= 4 is 29.1 Å². The van der Waals surface area contributed by atoms with E-state index in [2.05, 4.69) is 5.32 Å². The molecule has 1 N–H and O–H groups in total. The predicted molar refractivity (Wildman–Crippen MR) is 77.4 cm³/mol. The average molecular weight is 283 g/mol. The van der Waals surface area contributed by atoms with Crippen molar-refractivity contribution in [2.24, 2.45) is 5.92 Å². The highest BCUT2D eigenvalue weighted by atomic mass is 35.5. The lowest BCUT2D eigenvalue weighted by Crippen LogP contribution is -2.23. The van der Waals surface area contributed by atoms with Gasteiger partial charge in [-0.1, -0.05) is 19.1 Å². The van der Waals surface area contributed by atoms with E-state index in [9.17, 15) is 9.59 Å². The average Bonchev–Trinajstić information content (AvgIpc) is 2.39. The van der Waals surface area contributed by atoms with E-state index < -0.39 is 0 Å². The minimum absolute atomic E-state index is 0.0487. The van der Waals surface area contributed by atoms with Crippen LogP contribution in [-0.4, -0.2) is 36.7 Å². The van der Waals surface area contributed by atoms with Gasteiger partial charge in [0.25, 0.3) is 0 Å². The van der Waals surface area contributed by atoms with E-state index >= 15 is 0 Å². The third kappa shape index (κ3) is 4.91. The third-order valence-electron chi connectivity index (χ3n) is 2.75. The number of likely N-dealkylation sites (N-methyl/N-ethyl adjacent to an activating group) is 1. The number of nitrogens with zero attached hydrogens (tertiary/aromatic N) is 1. The fourth-order valence-electron chi connectivity index (χ4n) is 1.37. The van der Waals surface area contributed by atoms with Gasteiger partial charge in [0.15, 0.2) is 0 Å². The highest BCUT2D eigenvalue weighted by molar-refractivity contribution is 6.19. The second-order valence-corrected chi connectivity index (χ2v) is 5.02. The smallest absolute Gasteiger partial charge is 0.228 e. The molecule has 19 heavy (non-hydrogen) atoms. The fourth-order valence-corrected chi connectivity index (χ4v) is 1.51. The molecule has 2 amide bonds. The molecule has 1 rings (SSSR count). The molecule has 0 fully saturated rings. The summed E-state index contributed by atoms with van der Waals surface area (Å²) in [5.41, 5.74) is 1.63. The van der Waals surface area contributed by atoms with Crippen LogP contribution in [0.2, 0.25) is 0 Å². The summed E-state index contributed by atoms with van der Waals surface area (Å²) in [6.45, 7) is 1.77. The summed E-state index contributed by atoms with van der Waals surface area (Å²) in [5.74, 6) is 0.0117.